The third-order valence-corrected chi connectivity index (χ3v) is 3.77. The maximum Gasteiger partial charge on any atom is 0.269 e. The van der Waals surface area contributed by atoms with Gasteiger partial charge in [0.15, 0.2) is 11.5 Å². The number of methoxy groups -OCH3 is 2. The van der Waals surface area contributed by atoms with E-state index in [9.17, 15) is 10.1 Å². The van der Waals surface area contributed by atoms with E-state index in [0.29, 0.717) is 29.6 Å². The molecular weight excluding hydrogens is 320 g/mol. The average Bonchev–Trinajstić information content (AvgIpc) is 2.56. The maximum absolute atomic E-state index is 10.6. The largest absolute Gasteiger partial charge is 0.493 e. The molecule has 0 aliphatic rings. The first-order chi connectivity index (χ1) is 11.1. The van der Waals surface area contributed by atoms with Gasteiger partial charge in [-0.2, -0.15) is 0 Å². The molecule has 2 aromatic rings. The minimum Gasteiger partial charge on any atom is -0.493 e. The highest BCUT2D eigenvalue weighted by molar-refractivity contribution is 6.33. The summed E-state index contributed by atoms with van der Waals surface area (Å²) in [7, 11) is 3.10. The Morgan fingerprint density at radius 3 is 2.35 bits per heavy atom. The average molecular weight is 337 g/mol. The molecule has 0 saturated carbocycles. The first kappa shape index (κ1) is 17.1. The van der Waals surface area contributed by atoms with Crippen molar-refractivity contribution in [2.45, 2.75) is 13.1 Å². The number of benzene rings is 2. The van der Waals surface area contributed by atoms with E-state index in [1.165, 1.54) is 19.2 Å². The Bertz CT molecular complexity index is 689. The fourth-order valence-electron chi connectivity index (χ4n) is 2.14. The van der Waals surface area contributed by atoms with Crippen LogP contribution in [0.4, 0.5) is 5.69 Å². The van der Waals surface area contributed by atoms with Crippen molar-refractivity contribution >= 4 is 17.3 Å². The zero-order valence-electron chi connectivity index (χ0n) is 12.8. The van der Waals surface area contributed by atoms with Gasteiger partial charge in [-0.25, -0.2) is 0 Å². The van der Waals surface area contributed by atoms with Crippen LogP contribution in [-0.2, 0) is 13.1 Å². The number of halogens is 1. The lowest BCUT2D eigenvalue weighted by Gasteiger charge is -2.13. The van der Waals surface area contributed by atoms with Crippen LogP contribution < -0.4 is 14.8 Å². The number of hydrogen-bond donors (Lipinski definition) is 1. The van der Waals surface area contributed by atoms with Crippen molar-refractivity contribution in [2.24, 2.45) is 0 Å². The van der Waals surface area contributed by atoms with Gasteiger partial charge in [-0.05, 0) is 17.2 Å². The molecule has 122 valence electrons. The molecule has 0 unspecified atom stereocenters. The summed E-state index contributed by atoms with van der Waals surface area (Å²) >= 11 is 6.31. The Morgan fingerprint density at radius 1 is 1.09 bits per heavy atom. The maximum atomic E-state index is 10.6. The van der Waals surface area contributed by atoms with Crippen LogP contribution in [0.25, 0.3) is 0 Å². The van der Waals surface area contributed by atoms with Crippen molar-refractivity contribution in [3.63, 3.8) is 0 Å². The molecule has 0 spiro atoms. The number of nitro groups is 1. The van der Waals surface area contributed by atoms with Crippen LogP contribution in [0.5, 0.6) is 11.5 Å². The monoisotopic (exact) mass is 336 g/mol. The van der Waals surface area contributed by atoms with Crippen LogP contribution in [-0.4, -0.2) is 19.1 Å². The minimum absolute atomic E-state index is 0.0803. The molecule has 2 rings (SSSR count). The van der Waals surface area contributed by atoms with E-state index in [2.05, 4.69) is 5.32 Å². The third kappa shape index (κ3) is 4.12. The number of nitro benzene ring substituents is 1. The molecule has 1 N–H and O–H groups in total. The number of ether oxygens (including phenoxy) is 2. The van der Waals surface area contributed by atoms with Crippen molar-refractivity contribution in [3.8, 4) is 11.5 Å². The number of non-ortho nitro benzene ring substituents is 1. The predicted molar refractivity (Wildman–Crippen MR) is 88.2 cm³/mol. The quantitative estimate of drug-likeness (QED) is 0.618. The van der Waals surface area contributed by atoms with Crippen LogP contribution in [0.2, 0.25) is 5.02 Å². The highest BCUT2D eigenvalue weighted by Crippen LogP contribution is 2.37. The lowest BCUT2D eigenvalue weighted by atomic mass is 10.1. The number of hydrogen-bond acceptors (Lipinski definition) is 5. The molecule has 0 fully saturated rings. The van der Waals surface area contributed by atoms with Crippen molar-refractivity contribution < 1.29 is 14.4 Å². The molecule has 0 atom stereocenters. The van der Waals surface area contributed by atoms with E-state index >= 15 is 0 Å². The van der Waals surface area contributed by atoms with E-state index < -0.39 is 4.92 Å². The molecule has 6 nitrogen and oxygen atoms in total. The first-order valence-electron chi connectivity index (χ1n) is 6.90. The predicted octanol–water partition coefficient (Wildman–Crippen LogP) is 3.56. The van der Waals surface area contributed by atoms with Gasteiger partial charge >= 0.3 is 0 Å². The van der Waals surface area contributed by atoms with E-state index in [-0.39, 0.29) is 5.69 Å². The van der Waals surface area contributed by atoms with Gasteiger partial charge in [-0.3, -0.25) is 10.1 Å². The number of rotatable bonds is 7. The van der Waals surface area contributed by atoms with Crippen molar-refractivity contribution in [1.29, 1.82) is 0 Å². The molecule has 0 aliphatic heterocycles. The second kappa shape index (κ2) is 7.80. The molecule has 0 saturated heterocycles. The zero-order chi connectivity index (χ0) is 16.8. The smallest absolute Gasteiger partial charge is 0.269 e. The summed E-state index contributed by atoms with van der Waals surface area (Å²) in [4.78, 5) is 10.2. The first-order valence-corrected chi connectivity index (χ1v) is 7.28. The lowest BCUT2D eigenvalue weighted by Crippen LogP contribution is -2.13. The summed E-state index contributed by atoms with van der Waals surface area (Å²) in [6, 6.07) is 10.1. The second-order valence-electron chi connectivity index (χ2n) is 4.80. The number of nitrogens with one attached hydrogen (secondary N) is 1. The molecule has 0 radical (unpaired) electrons. The Morgan fingerprint density at radius 2 is 1.78 bits per heavy atom. The van der Waals surface area contributed by atoms with Crippen LogP contribution in [0.3, 0.4) is 0 Å². The van der Waals surface area contributed by atoms with Gasteiger partial charge in [-0.15, -0.1) is 0 Å². The topological polar surface area (TPSA) is 73.6 Å². The van der Waals surface area contributed by atoms with Gasteiger partial charge in [0, 0.05) is 25.2 Å². The van der Waals surface area contributed by atoms with Gasteiger partial charge in [0.25, 0.3) is 5.69 Å². The molecule has 7 heteroatoms. The Balaban J connectivity index is 2.00. The summed E-state index contributed by atoms with van der Waals surface area (Å²) in [6.07, 6.45) is 0. The fourth-order valence-corrected chi connectivity index (χ4v) is 2.44. The van der Waals surface area contributed by atoms with Gasteiger partial charge in [0.2, 0.25) is 0 Å². The van der Waals surface area contributed by atoms with Gasteiger partial charge < -0.3 is 14.8 Å². The molecule has 0 aromatic heterocycles. The van der Waals surface area contributed by atoms with Crippen molar-refractivity contribution in [3.05, 3.63) is 62.7 Å². The van der Waals surface area contributed by atoms with Crippen LogP contribution >= 0.6 is 11.6 Å². The van der Waals surface area contributed by atoms with Crippen molar-refractivity contribution in [2.75, 3.05) is 14.2 Å². The second-order valence-corrected chi connectivity index (χ2v) is 5.18. The van der Waals surface area contributed by atoms with Crippen LogP contribution in [0.1, 0.15) is 11.1 Å². The Hall–Kier alpha value is -2.31. The Labute approximate surface area is 139 Å². The summed E-state index contributed by atoms with van der Waals surface area (Å²) in [5, 5.41) is 14.4. The normalized spacial score (nSPS) is 10.4. The van der Waals surface area contributed by atoms with Crippen LogP contribution in [0, 0.1) is 10.1 Å². The standard InChI is InChI=1S/C16H17ClN2O4/c1-22-14-8-5-12(15(17)16(14)23-2)10-18-9-11-3-6-13(7-4-11)19(20)21/h3-8,18H,9-10H2,1-2H3. The molecule has 0 bridgehead atoms. The van der Waals surface area contributed by atoms with Gasteiger partial charge in [0.1, 0.15) is 0 Å². The van der Waals surface area contributed by atoms with E-state index in [1.54, 1.807) is 25.3 Å². The van der Waals surface area contributed by atoms with Crippen LogP contribution in [0.15, 0.2) is 36.4 Å². The van der Waals surface area contributed by atoms with Gasteiger partial charge in [0.05, 0.1) is 24.2 Å². The molecule has 2 aromatic carbocycles. The van der Waals surface area contributed by atoms with E-state index in [1.807, 2.05) is 6.07 Å². The Kier molecular flexibility index (Phi) is 5.78. The molecule has 0 aliphatic carbocycles. The summed E-state index contributed by atoms with van der Waals surface area (Å²) < 4.78 is 10.5. The third-order valence-electron chi connectivity index (χ3n) is 3.36. The van der Waals surface area contributed by atoms with Crippen molar-refractivity contribution in [1.82, 2.24) is 5.32 Å². The lowest BCUT2D eigenvalue weighted by molar-refractivity contribution is -0.384. The molecule has 23 heavy (non-hydrogen) atoms. The fraction of sp³-hybridized carbons (Fsp3) is 0.250. The molecule has 0 heterocycles. The highest BCUT2D eigenvalue weighted by atomic mass is 35.5. The summed E-state index contributed by atoms with van der Waals surface area (Å²) in [5.41, 5.74) is 1.91. The molecular formula is C16H17ClN2O4. The summed E-state index contributed by atoms with van der Waals surface area (Å²) in [6.45, 7) is 1.11. The zero-order valence-corrected chi connectivity index (χ0v) is 13.6. The molecule has 0 amide bonds. The van der Waals surface area contributed by atoms with Gasteiger partial charge in [-0.1, -0.05) is 29.8 Å². The summed E-state index contributed by atoms with van der Waals surface area (Å²) in [5.74, 6) is 1.08. The SMILES string of the molecule is COc1ccc(CNCc2ccc([N+](=O)[O-])cc2)c(Cl)c1OC. The van der Waals surface area contributed by atoms with E-state index in [4.69, 9.17) is 21.1 Å². The highest BCUT2D eigenvalue weighted by Gasteiger charge is 2.12. The number of nitrogens with zero attached hydrogens (tertiary/aromatic N) is 1. The minimum atomic E-state index is -0.416. The van der Waals surface area contributed by atoms with E-state index in [0.717, 1.165) is 11.1 Å².